The summed E-state index contributed by atoms with van der Waals surface area (Å²) < 4.78 is 80.8. The summed E-state index contributed by atoms with van der Waals surface area (Å²) >= 11 is 0. The van der Waals surface area contributed by atoms with E-state index in [0.29, 0.717) is 0 Å². The number of piperidine rings is 2. The standard InChI is InChI=1S/C21H31F2N3O6S2/c1-3-25(4-2)33(29,30)18-5-7-19(8-6-18)34(31,32)26-14-16(13-17(27)15-26)20(28)24-11-9-21(22,23)10-12-24/h5-8,16-17,27H,3-4,9-15H2,1-2H3/t16-,17-/m1/s1. The van der Waals surface area contributed by atoms with E-state index in [0.717, 1.165) is 4.31 Å². The van der Waals surface area contributed by atoms with Gasteiger partial charge in [0, 0.05) is 52.1 Å². The van der Waals surface area contributed by atoms with Crippen LogP contribution in [0.2, 0.25) is 0 Å². The summed E-state index contributed by atoms with van der Waals surface area (Å²) in [7, 11) is -7.89. The molecule has 1 amide bonds. The maximum absolute atomic E-state index is 13.4. The molecule has 2 saturated heterocycles. The number of likely N-dealkylation sites (tertiary alicyclic amines) is 1. The fraction of sp³-hybridized carbons (Fsp3) is 0.667. The highest BCUT2D eigenvalue weighted by molar-refractivity contribution is 7.89. The third-order valence-corrected chi connectivity index (χ3v) is 10.3. The van der Waals surface area contributed by atoms with Crippen LogP contribution in [-0.4, -0.2) is 92.7 Å². The number of sulfonamides is 2. The van der Waals surface area contributed by atoms with Crippen LogP contribution in [0, 0.1) is 5.92 Å². The molecule has 1 N–H and O–H groups in total. The summed E-state index contributed by atoms with van der Waals surface area (Å²) in [6, 6.07) is 4.82. The lowest BCUT2D eigenvalue weighted by molar-refractivity contribution is -0.144. The third kappa shape index (κ3) is 5.59. The van der Waals surface area contributed by atoms with Crippen LogP contribution >= 0.6 is 0 Å². The van der Waals surface area contributed by atoms with Gasteiger partial charge in [-0.3, -0.25) is 4.79 Å². The number of benzene rings is 1. The Kier molecular flexibility index (Phi) is 8.03. The molecule has 0 aromatic heterocycles. The summed E-state index contributed by atoms with van der Waals surface area (Å²) in [6.07, 6.45) is -1.94. The number of carbonyl (C=O) groups excluding carboxylic acids is 1. The van der Waals surface area contributed by atoms with Crippen LogP contribution in [0.4, 0.5) is 8.78 Å². The minimum atomic E-state index is -4.13. The molecule has 3 rings (SSSR count). The molecule has 34 heavy (non-hydrogen) atoms. The number of rotatable bonds is 7. The molecule has 2 fully saturated rings. The average molecular weight is 524 g/mol. The van der Waals surface area contributed by atoms with E-state index in [1.54, 1.807) is 13.8 Å². The van der Waals surface area contributed by atoms with Crippen LogP contribution < -0.4 is 0 Å². The van der Waals surface area contributed by atoms with E-state index in [1.807, 2.05) is 0 Å². The Bertz CT molecular complexity index is 1080. The lowest BCUT2D eigenvalue weighted by atomic mass is 9.94. The predicted octanol–water partition coefficient (Wildman–Crippen LogP) is 1.35. The summed E-state index contributed by atoms with van der Waals surface area (Å²) in [6.45, 7) is 3.31. The van der Waals surface area contributed by atoms with E-state index in [-0.39, 0.29) is 55.5 Å². The molecule has 0 unspecified atom stereocenters. The van der Waals surface area contributed by atoms with Gasteiger partial charge < -0.3 is 10.0 Å². The Labute approximate surface area is 199 Å². The van der Waals surface area contributed by atoms with Gasteiger partial charge in [0.05, 0.1) is 21.8 Å². The molecule has 13 heteroatoms. The average Bonchev–Trinajstić information content (AvgIpc) is 2.79. The minimum absolute atomic E-state index is 0.0382. The molecule has 0 aliphatic carbocycles. The largest absolute Gasteiger partial charge is 0.392 e. The van der Waals surface area contributed by atoms with E-state index in [4.69, 9.17) is 0 Å². The fourth-order valence-corrected chi connectivity index (χ4v) is 7.35. The van der Waals surface area contributed by atoms with Gasteiger partial charge in [-0.2, -0.15) is 8.61 Å². The maximum Gasteiger partial charge on any atom is 0.251 e. The van der Waals surface area contributed by atoms with Gasteiger partial charge in [-0.25, -0.2) is 25.6 Å². The molecule has 0 spiro atoms. The van der Waals surface area contributed by atoms with E-state index >= 15 is 0 Å². The van der Waals surface area contributed by atoms with Crippen LogP contribution in [0.3, 0.4) is 0 Å². The smallest absolute Gasteiger partial charge is 0.251 e. The number of hydrogen-bond donors (Lipinski definition) is 1. The number of alkyl halides is 2. The fourth-order valence-electron chi connectivity index (χ4n) is 4.37. The van der Waals surface area contributed by atoms with Crippen molar-refractivity contribution in [3.63, 3.8) is 0 Å². The molecule has 0 saturated carbocycles. The maximum atomic E-state index is 13.4. The first-order valence-corrected chi connectivity index (χ1v) is 14.1. The second-order valence-electron chi connectivity index (χ2n) is 8.65. The normalized spacial score (nSPS) is 24.4. The van der Waals surface area contributed by atoms with Crippen molar-refractivity contribution >= 4 is 26.0 Å². The molecule has 1 aromatic rings. The molecule has 0 radical (unpaired) electrons. The van der Waals surface area contributed by atoms with Gasteiger partial charge in [-0.1, -0.05) is 13.8 Å². The van der Waals surface area contributed by atoms with E-state index < -0.39 is 56.7 Å². The molecule has 2 heterocycles. The molecular formula is C21H31F2N3O6S2. The van der Waals surface area contributed by atoms with Crippen LogP contribution in [0.1, 0.15) is 33.1 Å². The lowest BCUT2D eigenvalue weighted by Crippen LogP contribution is -2.53. The molecule has 2 aliphatic rings. The van der Waals surface area contributed by atoms with E-state index in [2.05, 4.69) is 0 Å². The van der Waals surface area contributed by atoms with Crippen molar-refractivity contribution in [2.24, 2.45) is 5.92 Å². The van der Waals surface area contributed by atoms with Gasteiger partial charge in [0.2, 0.25) is 26.0 Å². The number of carbonyl (C=O) groups is 1. The van der Waals surface area contributed by atoms with Crippen LogP contribution in [0.5, 0.6) is 0 Å². The minimum Gasteiger partial charge on any atom is -0.392 e. The number of aliphatic hydroxyl groups excluding tert-OH is 1. The van der Waals surface area contributed by atoms with Crippen LogP contribution in [-0.2, 0) is 24.8 Å². The van der Waals surface area contributed by atoms with Crippen molar-refractivity contribution in [3.05, 3.63) is 24.3 Å². The van der Waals surface area contributed by atoms with Gasteiger partial charge in [0.25, 0.3) is 5.92 Å². The molecule has 2 atom stereocenters. The molecule has 192 valence electrons. The zero-order chi connectivity index (χ0) is 25.3. The summed E-state index contributed by atoms with van der Waals surface area (Å²) in [4.78, 5) is 14.0. The predicted molar refractivity (Wildman–Crippen MR) is 120 cm³/mol. The number of aliphatic hydroxyl groups is 1. The quantitative estimate of drug-likeness (QED) is 0.577. The topological polar surface area (TPSA) is 115 Å². The number of nitrogens with zero attached hydrogens (tertiary/aromatic N) is 3. The Hall–Kier alpha value is -1.67. The number of halogens is 2. The summed E-state index contributed by atoms with van der Waals surface area (Å²) in [5.41, 5.74) is 0. The molecule has 0 bridgehead atoms. The first-order valence-electron chi connectivity index (χ1n) is 11.3. The second kappa shape index (κ2) is 10.1. The number of hydrogen-bond acceptors (Lipinski definition) is 6. The Morgan fingerprint density at radius 1 is 1.03 bits per heavy atom. The Balaban J connectivity index is 1.77. The van der Waals surface area contributed by atoms with E-state index in [9.17, 15) is 35.5 Å². The highest BCUT2D eigenvalue weighted by atomic mass is 32.2. The van der Waals surface area contributed by atoms with E-state index in [1.165, 1.54) is 33.5 Å². The molecule has 9 nitrogen and oxygen atoms in total. The van der Waals surface area contributed by atoms with Crippen molar-refractivity contribution in [1.29, 1.82) is 0 Å². The lowest BCUT2D eigenvalue weighted by Gasteiger charge is -2.38. The van der Waals surface area contributed by atoms with Crippen molar-refractivity contribution in [3.8, 4) is 0 Å². The molecule has 2 aliphatic heterocycles. The summed E-state index contributed by atoms with van der Waals surface area (Å²) in [5, 5.41) is 10.3. The second-order valence-corrected chi connectivity index (χ2v) is 12.5. The SMILES string of the molecule is CCN(CC)S(=O)(=O)c1ccc(S(=O)(=O)N2C[C@H](O)C[C@@H](C(=O)N3CCC(F)(F)CC3)C2)cc1. The zero-order valence-corrected chi connectivity index (χ0v) is 20.9. The van der Waals surface area contributed by atoms with Gasteiger partial charge >= 0.3 is 0 Å². The Morgan fingerprint density at radius 3 is 2.09 bits per heavy atom. The van der Waals surface area contributed by atoms with Crippen molar-refractivity contribution < 1.29 is 35.5 Å². The van der Waals surface area contributed by atoms with Crippen molar-refractivity contribution in [2.45, 2.75) is 54.9 Å². The number of β-amino-alcohol motifs (C(OH)–C–C–N with tert-alkyl or cyclic N) is 1. The van der Waals surface area contributed by atoms with Gasteiger partial charge in [0.15, 0.2) is 0 Å². The van der Waals surface area contributed by atoms with Crippen molar-refractivity contribution in [1.82, 2.24) is 13.5 Å². The van der Waals surface area contributed by atoms with Crippen LogP contribution in [0.25, 0.3) is 0 Å². The van der Waals surface area contributed by atoms with Gasteiger partial charge in [-0.05, 0) is 30.7 Å². The van der Waals surface area contributed by atoms with Crippen molar-refractivity contribution in [2.75, 3.05) is 39.3 Å². The number of amides is 1. The molecule has 1 aromatic carbocycles. The monoisotopic (exact) mass is 523 g/mol. The zero-order valence-electron chi connectivity index (χ0n) is 19.2. The van der Waals surface area contributed by atoms with Gasteiger partial charge in [0.1, 0.15) is 0 Å². The first kappa shape index (κ1) is 26.9. The summed E-state index contributed by atoms with van der Waals surface area (Å²) in [5.74, 6) is -4.12. The highest BCUT2D eigenvalue weighted by Gasteiger charge is 2.41. The molecular weight excluding hydrogens is 492 g/mol. The first-order chi connectivity index (χ1) is 15.8. The van der Waals surface area contributed by atoms with Crippen LogP contribution in [0.15, 0.2) is 34.1 Å². The van der Waals surface area contributed by atoms with Gasteiger partial charge in [-0.15, -0.1) is 0 Å². The Morgan fingerprint density at radius 2 is 1.56 bits per heavy atom. The highest BCUT2D eigenvalue weighted by Crippen LogP contribution is 2.31. The third-order valence-electron chi connectivity index (χ3n) is 6.36.